The minimum atomic E-state index is -0.0712. The van der Waals surface area contributed by atoms with Gasteiger partial charge >= 0.3 is 0 Å². The van der Waals surface area contributed by atoms with Crippen LogP contribution in [0.4, 0.5) is 0 Å². The van der Waals surface area contributed by atoms with Crippen LogP contribution in [0, 0.1) is 0 Å². The van der Waals surface area contributed by atoms with Gasteiger partial charge in [-0.15, -0.1) is 0 Å². The van der Waals surface area contributed by atoms with Crippen molar-refractivity contribution in [3.8, 4) is 0 Å². The van der Waals surface area contributed by atoms with Gasteiger partial charge in [0, 0.05) is 13.1 Å². The van der Waals surface area contributed by atoms with Gasteiger partial charge in [-0.3, -0.25) is 9.48 Å². The maximum absolute atomic E-state index is 11.7. The van der Waals surface area contributed by atoms with E-state index in [1.165, 1.54) is 0 Å². The molecule has 0 radical (unpaired) electrons. The van der Waals surface area contributed by atoms with Gasteiger partial charge in [0.15, 0.2) is 0 Å². The van der Waals surface area contributed by atoms with Crippen LogP contribution < -0.4 is 5.32 Å². The molecule has 0 unspecified atom stereocenters. The van der Waals surface area contributed by atoms with Crippen LogP contribution in [0.2, 0.25) is 0 Å². The Morgan fingerprint density at radius 2 is 2.36 bits per heavy atom. The van der Waals surface area contributed by atoms with Crippen LogP contribution in [0.15, 0.2) is 10.7 Å². The van der Waals surface area contributed by atoms with Crippen LogP contribution in [-0.2, 0) is 6.54 Å². The highest BCUT2D eigenvalue weighted by Gasteiger charge is 2.15. The Bertz CT molecular complexity index is 322. The zero-order valence-corrected chi connectivity index (χ0v) is 9.97. The molecule has 0 aliphatic carbocycles. The van der Waals surface area contributed by atoms with Crippen molar-refractivity contribution in [2.24, 2.45) is 0 Å². The van der Waals surface area contributed by atoms with Gasteiger partial charge in [-0.2, -0.15) is 5.10 Å². The zero-order chi connectivity index (χ0) is 10.6. The van der Waals surface area contributed by atoms with Crippen LogP contribution in [0.25, 0.3) is 0 Å². The van der Waals surface area contributed by atoms with E-state index in [1.54, 1.807) is 10.9 Å². The Labute approximate surface area is 91.8 Å². The lowest BCUT2D eigenvalue weighted by atomic mass is 10.3. The van der Waals surface area contributed by atoms with Gasteiger partial charge in [0.25, 0.3) is 5.91 Å². The first-order chi connectivity index (χ1) is 6.70. The summed E-state index contributed by atoms with van der Waals surface area (Å²) >= 11 is 3.31. The lowest BCUT2D eigenvalue weighted by Crippen LogP contribution is -2.27. The van der Waals surface area contributed by atoms with Gasteiger partial charge in [0.2, 0.25) is 0 Å². The van der Waals surface area contributed by atoms with E-state index in [1.807, 2.05) is 13.8 Å². The van der Waals surface area contributed by atoms with Crippen LogP contribution in [0.3, 0.4) is 0 Å². The molecule has 0 saturated heterocycles. The number of hydrogen-bond acceptors (Lipinski definition) is 2. The molecule has 14 heavy (non-hydrogen) atoms. The van der Waals surface area contributed by atoms with Crippen molar-refractivity contribution in [3.63, 3.8) is 0 Å². The summed E-state index contributed by atoms with van der Waals surface area (Å²) in [5.41, 5.74) is 0.598. The van der Waals surface area contributed by atoms with E-state index in [0.717, 1.165) is 10.9 Å². The second-order valence-electron chi connectivity index (χ2n) is 2.91. The number of aryl methyl sites for hydroxylation is 1. The van der Waals surface area contributed by atoms with E-state index < -0.39 is 0 Å². The molecule has 1 heterocycles. The van der Waals surface area contributed by atoms with Gasteiger partial charge in [-0.1, -0.05) is 6.92 Å². The highest BCUT2D eigenvalue weighted by atomic mass is 79.9. The minimum Gasteiger partial charge on any atom is -0.351 e. The number of nitrogens with zero attached hydrogens (tertiary/aromatic N) is 2. The summed E-state index contributed by atoms with van der Waals surface area (Å²) in [4.78, 5) is 11.7. The molecule has 0 aromatic carbocycles. The van der Waals surface area contributed by atoms with Crippen molar-refractivity contribution in [2.45, 2.75) is 26.8 Å². The molecule has 0 spiro atoms. The molecule has 5 heteroatoms. The van der Waals surface area contributed by atoms with Crippen molar-refractivity contribution in [3.05, 3.63) is 16.4 Å². The third-order valence-electron chi connectivity index (χ3n) is 1.84. The first-order valence-corrected chi connectivity index (χ1v) is 5.49. The summed E-state index contributed by atoms with van der Waals surface area (Å²) in [6.07, 6.45) is 2.58. The molecule has 4 nitrogen and oxygen atoms in total. The Balaban J connectivity index is 2.82. The third kappa shape index (κ3) is 2.35. The van der Waals surface area contributed by atoms with Crippen molar-refractivity contribution in [2.75, 3.05) is 6.54 Å². The quantitative estimate of drug-likeness (QED) is 0.897. The predicted octanol–water partition coefficient (Wildman–Crippen LogP) is 1.81. The number of aromatic nitrogens is 2. The van der Waals surface area contributed by atoms with Crippen LogP contribution >= 0.6 is 15.9 Å². The fourth-order valence-electron chi connectivity index (χ4n) is 1.15. The first kappa shape index (κ1) is 11.2. The number of hydrogen-bond donors (Lipinski definition) is 1. The van der Waals surface area contributed by atoms with Gasteiger partial charge in [-0.05, 0) is 29.3 Å². The molecular weight excluding hydrogens is 246 g/mol. The van der Waals surface area contributed by atoms with E-state index >= 15 is 0 Å². The standard InChI is InChI=1S/C9H14BrN3O/c1-3-5-11-9(14)8-7(10)6-12-13(8)4-2/h6H,3-5H2,1-2H3,(H,11,14). The Hall–Kier alpha value is -0.840. The van der Waals surface area contributed by atoms with E-state index in [4.69, 9.17) is 0 Å². The second kappa shape index (κ2) is 5.14. The molecule has 1 amide bonds. The smallest absolute Gasteiger partial charge is 0.270 e. The van der Waals surface area contributed by atoms with E-state index in [9.17, 15) is 4.79 Å². The Morgan fingerprint density at radius 3 is 2.93 bits per heavy atom. The molecule has 1 aromatic heterocycles. The lowest BCUT2D eigenvalue weighted by Gasteiger charge is -2.05. The zero-order valence-electron chi connectivity index (χ0n) is 8.38. The maximum Gasteiger partial charge on any atom is 0.270 e. The molecule has 1 rings (SSSR count). The van der Waals surface area contributed by atoms with Crippen LogP contribution in [-0.4, -0.2) is 22.2 Å². The Morgan fingerprint density at radius 1 is 1.64 bits per heavy atom. The summed E-state index contributed by atoms with van der Waals surface area (Å²) in [6, 6.07) is 0. The molecular formula is C9H14BrN3O. The summed E-state index contributed by atoms with van der Waals surface area (Å²) < 4.78 is 2.42. The van der Waals surface area contributed by atoms with Gasteiger partial charge in [0.05, 0.1) is 10.7 Å². The molecule has 1 aromatic rings. The SMILES string of the molecule is CCCNC(=O)c1c(Br)cnn1CC. The molecule has 0 aliphatic heterocycles. The number of halogens is 1. The molecule has 1 N–H and O–H groups in total. The molecule has 0 saturated carbocycles. The average Bonchev–Trinajstić information content (AvgIpc) is 2.56. The summed E-state index contributed by atoms with van der Waals surface area (Å²) in [5.74, 6) is -0.0712. The Kier molecular flexibility index (Phi) is 4.13. The number of carbonyl (C=O) groups excluding carboxylic acids is 1. The average molecular weight is 260 g/mol. The summed E-state index contributed by atoms with van der Waals surface area (Å²) in [5, 5.41) is 6.89. The van der Waals surface area contributed by atoms with Crippen molar-refractivity contribution >= 4 is 21.8 Å². The molecule has 0 bridgehead atoms. The van der Waals surface area contributed by atoms with E-state index in [-0.39, 0.29) is 5.91 Å². The number of carbonyl (C=O) groups is 1. The van der Waals surface area contributed by atoms with Gasteiger partial charge in [-0.25, -0.2) is 0 Å². The summed E-state index contributed by atoms with van der Waals surface area (Å²) in [6.45, 7) is 5.36. The number of rotatable bonds is 4. The second-order valence-corrected chi connectivity index (χ2v) is 3.77. The van der Waals surface area contributed by atoms with E-state index in [2.05, 4.69) is 26.3 Å². The van der Waals surface area contributed by atoms with Gasteiger partial charge in [0.1, 0.15) is 5.69 Å². The number of amides is 1. The molecule has 78 valence electrons. The maximum atomic E-state index is 11.7. The predicted molar refractivity (Wildman–Crippen MR) is 58.2 cm³/mol. The highest BCUT2D eigenvalue weighted by Crippen LogP contribution is 2.15. The largest absolute Gasteiger partial charge is 0.351 e. The fourth-order valence-corrected chi connectivity index (χ4v) is 1.63. The van der Waals surface area contributed by atoms with Crippen LogP contribution in [0.1, 0.15) is 30.8 Å². The molecule has 0 aliphatic rings. The fraction of sp³-hybridized carbons (Fsp3) is 0.556. The summed E-state index contributed by atoms with van der Waals surface area (Å²) in [7, 11) is 0. The molecule has 0 atom stereocenters. The van der Waals surface area contributed by atoms with Crippen LogP contribution in [0.5, 0.6) is 0 Å². The molecule has 0 fully saturated rings. The lowest BCUT2D eigenvalue weighted by molar-refractivity contribution is 0.0942. The third-order valence-corrected chi connectivity index (χ3v) is 2.43. The first-order valence-electron chi connectivity index (χ1n) is 4.70. The highest BCUT2D eigenvalue weighted by molar-refractivity contribution is 9.10. The monoisotopic (exact) mass is 259 g/mol. The minimum absolute atomic E-state index is 0.0712. The van der Waals surface area contributed by atoms with Crippen molar-refractivity contribution in [1.82, 2.24) is 15.1 Å². The number of nitrogens with one attached hydrogen (secondary N) is 1. The van der Waals surface area contributed by atoms with Crippen molar-refractivity contribution in [1.29, 1.82) is 0 Å². The normalized spacial score (nSPS) is 10.2. The van der Waals surface area contributed by atoms with E-state index in [0.29, 0.717) is 18.8 Å². The van der Waals surface area contributed by atoms with Crippen molar-refractivity contribution < 1.29 is 4.79 Å². The van der Waals surface area contributed by atoms with Gasteiger partial charge < -0.3 is 5.32 Å². The topological polar surface area (TPSA) is 46.9 Å².